The lowest BCUT2D eigenvalue weighted by molar-refractivity contribution is 0.200. The van der Waals surface area contributed by atoms with Crippen molar-refractivity contribution >= 4 is 17.1 Å². The van der Waals surface area contributed by atoms with Crippen LogP contribution in [0.3, 0.4) is 0 Å². The molecule has 0 spiro atoms. The fourth-order valence-electron chi connectivity index (χ4n) is 2.80. The summed E-state index contributed by atoms with van der Waals surface area (Å²) >= 11 is 0. The first kappa shape index (κ1) is 14.8. The molecule has 6 heteroatoms. The van der Waals surface area contributed by atoms with E-state index in [1.807, 2.05) is 25.2 Å². The Bertz CT molecular complexity index is 632. The lowest BCUT2D eigenvalue weighted by Crippen LogP contribution is -2.41. The van der Waals surface area contributed by atoms with Gasteiger partial charge in [0.25, 0.3) is 0 Å². The van der Waals surface area contributed by atoms with E-state index in [1.54, 1.807) is 11.2 Å². The van der Waals surface area contributed by atoms with Crippen LogP contribution >= 0.6 is 0 Å². The standard InChI is InChI=1S/C16H23N5O/c1-20(8-9-21-6-2-3-7-21)16(22)17-11-13-4-5-14-15(10-13)19-12-18-14/h4-5,10,12H,2-3,6-9,11H2,1H3,(H,17,22)(H,18,19). The Labute approximate surface area is 130 Å². The summed E-state index contributed by atoms with van der Waals surface area (Å²) in [6.45, 7) is 4.59. The minimum Gasteiger partial charge on any atom is -0.345 e. The summed E-state index contributed by atoms with van der Waals surface area (Å²) in [7, 11) is 1.85. The summed E-state index contributed by atoms with van der Waals surface area (Å²) in [6.07, 6.45) is 4.25. The van der Waals surface area contributed by atoms with E-state index < -0.39 is 0 Å². The van der Waals surface area contributed by atoms with E-state index in [9.17, 15) is 4.79 Å². The Morgan fingerprint density at radius 1 is 1.41 bits per heavy atom. The molecule has 0 saturated carbocycles. The van der Waals surface area contributed by atoms with Gasteiger partial charge >= 0.3 is 6.03 Å². The average Bonchev–Trinajstić information content (AvgIpc) is 3.20. The second kappa shape index (κ2) is 6.79. The third-order valence-corrected chi connectivity index (χ3v) is 4.23. The molecule has 1 saturated heterocycles. The molecule has 0 aliphatic carbocycles. The van der Waals surface area contributed by atoms with Crippen molar-refractivity contribution in [2.24, 2.45) is 0 Å². The number of amides is 2. The number of aromatic amines is 1. The number of aromatic nitrogens is 2. The summed E-state index contributed by atoms with van der Waals surface area (Å²) < 4.78 is 0. The number of nitrogens with one attached hydrogen (secondary N) is 2. The Balaban J connectivity index is 1.46. The van der Waals surface area contributed by atoms with Gasteiger partial charge in [0.05, 0.1) is 17.4 Å². The number of carbonyl (C=O) groups is 1. The highest BCUT2D eigenvalue weighted by molar-refractivity contribution is 5.76. The van der Waals surface area contributed by atoms with Crippen LogP contribution in [0.2, 0.25) is 0 Å². The van der Waals surface area contributed by atoms with Crippen LogP contribution in [0.25, 0.3) is 11.0 Å². The van der Waals surface area contributed by atoms with Crippen LogP contribution in [-0.4, -0.2) is 59.0 Å². The summed E-state index contributed by atoms with van der Waals surface area (Å²) in [6, 6.07) is 5.95. The van der Waals surface area contributed by atoms with E-state index >= 15 is 0 Å². The maximum absolute atomic E-state index is 12.1. The number of carbonyl (C=O) groups excluding carboxylic acids is 1. The van der Waals surface area contributed by atoms with E-state index in [4.69, 9.17) is 0 Å². The number of nitrogens with zero attached hydrogens (tertiary/aromatic N) is 3. The molecule has 1 aromatic heterocycles. The van der Waals surface area contributed by atoms with Gasteiger partial charge in [-0.25, -0.2) is 9.78 Å². The molecular weight excluding hydrogens is 278 g/mol. The van der Waals surface area contributed by atoms with Crippen LogP contribution < -0.4 is 5.32 Å². The lowest BCUT2D eigenvalue weighted by Gasteiger charge is -2.21. The van der Waals surface area contributed by atoms with E-state index in [-0.39, 0.29) is 6.03 Å². The number of H-pyrrole nitrogens is 1. The number of hydrogen-bond donors (Lipinski definition) is 2. The molecule has 0 radical (unpaired) electrons. The molecule has 2 aromatic rings. The Morgan fingerprint density at radius 3 is 3.05 bits per heavy atom. The molecular formula is C16H23N5O. The van der Waals surface area contributed by atoms with Crippen LogP contribution in [0.4, 0.5) is 4.79 Å². The van der Waals surface area contributed by atoms with Crippen LogP contribution in [0.5, 0.6) is 0 Å². The highest BCUT2D eigenvalue weighted by Crippen LogP contribution is 2.11. The fourth-order valence-corrected chi connectivity index (χ4v) is 2.80. The number of benzene rings is 1. The summed E-state index contributed by atoms with van der Waals surface area (Å²) in [5.41, 5.74) is 3.00. The molecule has 22 heavy (non-hydrogen) atoms. The van der Waals surface area contributed by atoms with Crippen molar-refractivity contribution in [3.05, 3.63) is 30.1 Å². The second-order valence-electron chi connectivity index (χ2n) is 5.88. The van der Waals surface area contributed by atoms with Gasteiger partial charge in [-0.05, 0) is 43.6 Å². The van der Waals surface area contributed by atoms with Gasteiger partial charge in [-0.3, -0.25) is 0 Å². The highest BCUT2D eigenvalue weighted by Gasteiger charge is 2.14. The zero-order valence-electron chi connectivity index (χ0n) is 13.0. The van der Waals surface area contributed by atoms with Gasteiger partial charge in [0.1, 0.15) is 0 Å². The molecule has 0 atom stereocenters. The van der Waals surface area contributed by atoms with Gasteiger partial charge in [0.15, 0.2) is 0 Å². The molecule has 2 amide bonds. The summed E-state index contributed by atoms with van der Waals surface area (Å²) in [4.78, 5) is 23.6. The monoisotopic (exact) mass is 301 g/mol. The summed E-state index contributed by atoms with van der Waals surface area (Å²) in [5, 5.41) is 2.97. The quantitative estimate of drug-likeness (QED) is 0.885. The maximum Gasteiger partial charge on any atom is 0.317 e. The molecule has 1 aliphatic rings. The third-order valence-electron chi connectivity index (χ3n) is 4.23. The van der Waals surface area contributed by atoms with Crippen LogP contribution in [0.15, 0.2) is 24.5 Å². The first-order chi connectivity index (χ1) is 10.7. The zero-order chi connectivity index (χ0) is 15.4. The van der Waals surface area contributed by atoms with Gasteiger partial charge < -0.3 is 20.1 Å². The first-order valence-corrected chi connectivity index (χ1v) is 7.86. The number of hydrogen-bond acceptors (Lipinski definition) is 3. The van der Waals surface area contributed by atoms with Crippen LogP contribution in [-0.2, 0) is 6.54 Å². The number of likely N-dealkylation sites (tertiary alicyclic amines) is 1. The number of urea groups is 1. The van der Waals surface area contributed by atoms with Crippen molar-refractivity contribution in [1.29, 1.82) is 0 Å². The molecule has 3 rings (SSSR count). The molecule has 118 valence electrons. The molecule has 1 fully saturated rings. The number of fused-ring (bicyclic) bond motifs is 1. The largest absolute Gasteiger partial charge is 0.345 e. The minimum absolute atomic E-state index is 0.0242. The van der Waals surface area contributed by atoms with E-state index in [2.05, 4.69) is 20.2 Å². The van der Waals surface area contributed by atoms with E-state index in [0.29, 0.717) is 6.54 Å². The maximum atomic E-state index is 12.1. The van der Waals surface area contributed by atoms with Crippen molar-refractivity contribution in [2.75, 3.05) is 33.2 Å². The fraction of sp³-hybridized carbons (Fsp3) is 0.500. The number of likely N-dealkylation sites (N-methyl/N-ethyl adjacent to an activating group) is 1. The molecule has 2 heterocycles. The minimum atomic E-state index is -0.0242. The van der Waals surface area contributed by atoms with Gasteiger partial charge in [-0.2, -0.15) is 0 Å². The molecule has 2 N–H and O–H groups in total. The van der Waals surface area contributed by atoms with Crippen molar-refractivity contribution in [2.45, 2.75) is 19.4 Å². The van der Waals surface area contributed by atoms with Gasteiger partial charge in [0.2, 0.25) is 0 Å². The number of imidazole rings is 1. The molecule has 0 bridgehead atoms. The topological polar surface area (TPSA) is 64.3 Å². The van der Waals surface area contributed by atoms with Gasteiger partial charge in [0, 0.05) is 26.7 Å². The molecule has 1 aromatic carbocycles. The van der Waals surface area contributed by atoms with Crippen molar-refractivity contribution in [1.82, 2.24) is 25.1 Å². The average molecular weight is 301 g/mol. The highest BCUT2D eigenvalue weighted by atomic mass is 16.2. The predicted molar refractivity (Wildman–Crippen MR) is 86.6 cm³/mol. The third kappa shape index (κ3) is 3.57. The van der Waals surface area contributed by atoms with Gasteiger partial charge in [-0.1, -0.05) is 6.07 Å². The Hall–Kier alpha value is -2.08. The normalized spacial score (nSPS) is 15.3. The molecule has 6 nitrogen and oxygen atoms in total. The van der Waals surface area contributed by atoms with Crippen molar-refractivity contribution in [3.8, 4) is 0 Å². The predicted octanol–water partition coefficient (Wildman–Crippen LogP) is 1.80. The summed E-state index contributed by atoms with van der Waals surface area (Å²) in [5.74, 6) is 0. The van der Waals surface area contributed by atoms with E-state index in [1.165, 1.54) is 25.9 Å². The van der Waals surface area contributed by atoms with Gasteiger partial charge in [-0.15, -0.1) is 0 Å². The SMILES string of the molecule is CN(CCN1CCCC1)C(=O)NCc1ccc2nc[nH]c2c1. The Kier molecular flexibility index (Phi) is 4.58. The van der Waals surface area contributed by atoms with Crippen molar-refractivity contribution < 1.29 is 4.79 Å². The first-order valence-electron chi connectivity index (χ1n) is 7.86. The zero-order valence-corrected chi connectivity index (χ0v) is 13.0. The lowest BCUT2D eigenvalue weighted by atomic mass is 10.2. The molecule has 1 aliphatic heterocycles. The smallest absolute Gasteiger partial charge is 0.317 e. The van der Waals surface area contributed by atoms with E-state index in [0.717, 1.165) is 29.7 Å². The Morgan fingerprint density at radius 2 is 2.23 bits per heavy atom. The second-order valence-corrected chi connectivity index (χ2v) is 5.88. The number of rotatable bonds is 5. The van der Waals surface area contributed by atoms with Crippen LogP contribution in [0, 0.1) is 0 Å². The molecule has 0 unspecified atom stereocenters. The van der Waals surface area contributed by atoms with Crippen LogP contribution in [0.1, 0.15) is 18.4 Å². The van der Waals surface area contributed by atoms with Crippen molar-refractivity contribution in [3.63, 3.8) is 0 Å².